The van der Waals surface area contributed by atoms with Crippen LogP contribution in [0.1, 0.15) is 32.3 Å². The Morgan fingerprint density at radius 1 is 1.03 bits per heavy atom. The van der Waals surface area contributed by atoms with Gasteiger partial charge in [-0.2, -0.15) is 0 Å². The molecular weight excluding hydrogens is 480 g/mol. The first-order valence-electron chi connectivity index (χ1n) is 11.4. The summed E-state index contributed by atoms with van der Waals surface area (Å²) in [7, 11) is 0. The van der Waals surface area contributed by atoms with Crippen LogP contribution < -0.4 is 10.1 Å². The van der Waals surface area contributed by atoms with E-state index in [1.165, 1.54) is 17.3 Å². The number of anilines is 1. The normalized spacial score (nSPS) is 11.0. The summed E-state index contributed by atoms with van der Waals surface area (Å²) >= 11 is 7.79. The average molecular weight is 507 g/mol. The number of thioether (sulfide) groups is 1. The zero-order chi connectivity index (χ0) is 24.8. The number of amides is 1. The van der Waals surface area contributed by atoms with Gasteiger partial charge in [-0.25, -0.2) is 0 Å². The number of nitrogens with zero attached hydrogens (tertiary/aromatic N) is 3. The van der Waals surface area contributed by atoms with Gasteiger partial charge in [0, 0.05) is 16.9 Å². The third-order valence-corrected chi connectivity index (χ3v) is 6.61. The highest BCUT2D eigenvalue weighted by molar-refractivity contribution is 7.99. The summed E-state index contributed by atoms with van der Waals surface area (Å²) < 4.78 is 7.49. The fourth-order valence-corrected chi connectivity index (χ4v) is 4.52. The van der Waals surface area contributed by atoms with Gasteiger partial charge in [-0.05, 0) is 66.9 Å². The van der Waals surface area contributed by atoms with Crippen molar-refractivity contribution >= 4 is 35.0 Å². The molecule has 1 heterocycles. The Bertz CT molecular complexity index is 1290. The number of carbonyl (C=O) groups excluding carboxylic acids is 1. The first kappa shape index (κ1) is 24.8. The minimum Gasteiger partial charge on any atom is -0.494 e. The Morgan fingerprint density at radius 2 is 1.74 bits per heavy atom. The Morgan fingerprint density at radius 3 is 2.40 bits per heavy atom. The molecule has 0 bridgehead atoms. The number of aromatic nitrogens is 3. The molecule has 0 aliphatic heterocycles. The lowest BCUT2D eigenvalue weighted by Crippen LogP contribution is -2.14. The molecule has 0 radical (unpaired) electrons. The summed E-state index contributed by atoms with van der Waals surface area (Å²) in [5.74, 6) is 1.89. The minimum atomic E-state index is -0.118. The Hall–Kier alpha value is -3.29. The van der Waals surface area contributed by atoms with Crippen LogP contribution in [0.5, 0.6) is 5.75 Å². The molecule has 0 aliphatic carbocycles. The van der Waals surface area contributed by atoms with Crippen molar-refractivity contribution in [1.29, 1.82) is 0 Å². The van der Waals surface area contributed by atoms with Gasteiger partial charge in [0.1, 0.15) is 5.75 Å². The van der Waals surface area contributed by atoms with E-state index >= 15 is 0 Å². The molecule has 0 unspecified atom stereocenters. The Labute approximate surface area is 214 Å². The van der Waals surface area contributed by atoms with E-state index in [-0.39, 0.29) is 11.7 Å². The first-order valence-corrected chi connectivity index (χ1v) is 12.8. The van der Waals surface area contributed by atoms with Gasteiger partial charge >= 0.3 is 0 Å². The van der Waals surface area contributed by atoms with Gasteiger partial charge in [0.05, 0.1) is 17.4 Å². The topological polar surface area (TPSA) is 69.0 Å². The van der Waals surface area contributed by atoms with Gasteiger partial charge in [-0.15, -0.1) is 10.2 Å². The lowest BCUT2D eigenvalue weighted by atomic mass is 10.0. The predicted molar refractivity (Wildman–Crippen MR) is 143 cm³/mol. The molecule has 0 fully saturated rings. The van der Waals surface area contributed by atoms with Crippen LogP contribution in [0.25, 0.3) is 17.1 Å². The minimum absolute atomic E-state index is 0.118. The van der Waals surface area contributed by atoms with Crippen molar-refractivity contribution in [1.82, 2.24) is 14.8 Å². The number of carbonyl (C=O) groups is 1. The number of benzene rings is 3. The maximum absolute atomic E-state index is 12.7. The molecule has 0 aliphatic rings. The fraction of sp³-hybridized carbons (Fsp3) is 0.222. The summed E-state index contributed by atoms with van der Waals surface area (Å²) in [6, 6.07) is 23.1. The van der Waals surface area contributed by atoms with E-state index in [1.807, 2.05) is 84.3 Å². The van der Waals surface area contributed by atoms with E-state index in [0.717, 1.165) is 22.7 Å². The maximum atomic E-state index is 12.7. The molecule has 4 rings (SSSR count). The molecule has 0 atom stereocenters. The van der Waals surface area contributed by atoms with Crippen molar-refractivity contribution in [2.24, 2.45) is 0 Å². The van der Waals surface area contributed by atoms with E-state index in [9.17, 15) is 4.79 Å². The van der Waals surface area contributed by atoms with Gasteiger partial charge in [0.25, 0.3) is 0 Å². The number of hydrogen-bond acceptors (Lipinski definition) is 5. The number of hydrogen-bond donors (Lipinski definition) is 1. The summed E-state index contributed by atoms with van der Waals surface area (Å²) in [6.07, 6.45) is 0. The van der Waals surface area contributed by atoms with E-state index in [2.05, 4.69) is 29.4 Å². The second-order valence-corrected chi connectivity index (χ2v) is 9.51. The molecular formula is C27H27ClN4O2S. The van der Waals surface area contributed by atoms with Crippen LogP contribution in [0.15, 0.2) is 78.0 Å². The third kappa shape index (κ3) is 6.05. The number of rotatable bonds is 9. The summed E-state index contributed by atoms with van der Waals surface area (Å²) in [4.78, 5) is 12.7. The van der Waals surface area contributed by atoms with E-state index in [0.29, 0.717) is 28.5 Å². The molecule has 1 N–H and O–H groups in total. The highest BCUT2D eigenvalue weighted by atomic mass is 35.5. The van der Waals surface area contributed by atoms with Crippen LogP contribution in [0, 0.1) is 0 Å². The molecule has 0 saturated carbocycles. The van der Waals surface area contributed by atoms with E-state index in [1.54, 1.807) is 0 Å². The van der Waals surface area contributed by atoms with Gasteiger partial charge < -0.3 is 10.1 Å². The van der Waals surface area contributed by atoms with Crippen molar-refractivity contribution in [2.75, 3.05) is 17.7 Å². The fourth-order valence-electron chi connectivity index (χ4n) is 3.55. The second-order valence-electron chi connectivity index (χ2n) is 8.16. The van der Waals surface area contributed by atoms with Crippen molar-refractivity contribution in [2.45, 2.75) is 31.8 Å². The van der Waals surface area contributed by atoms with Crippen LogP contribution >= 0.6 is 23.4 Å². The molecule has 180 valence electrons. The summed E-state index contributed by atoms with van der Waals surface area (Å²) in [6.45, 7) is 6.82. The van der Waals surface area contributed by atoms with Gasteiger partial charge in [0.2, 0.25) is 5.91 Å². The van der Waals surface area contributed by atoms with Crippen molar-refractivity contribution in [3.63, 3.8) is 0 Å². The van der Waals surface area contributed by atoms with Gasteiger partial charge in [-0.3, -0.25) is 9.36 Å². The number of halogens is 1. The Kier molecular flexibility index (Phi) is 8.10. The monoisotopic (exact) mass is 506 g/mol. The molecule has 4 aromatic rings. The van der Waals surface area contributed by atoms with Crippen LogP contribution in [-0.2, 0) is 4.79 Å². The summed E-state index contributed by atoms with van der Waals surface area (Å²) in [5.41, 5.74) is 3.61. The first-order chi connectivity index (χ1) is 17.0. The molecule has 1 amide bonds. The number of nitrogens with one attached hydrogen (secondary N) is 1. The molecule has 0 spiro atoms. The molecule has 1 aromatic heterocycles. The molecule has 35 heavy (non-hydrogen) atoms. The van der Waals surface area contributed by atoms with E-state index in [4.69, 9.17) is 16.3 Å². The largest absolute Gasteiger partial charge is 0.494 e. The quantitative estimate of drug-likeness (QED) is 0.252. The average Bonchev–Trinajstić information content (AvgIpc) is 3.28. The highest BCUT2D eigenvalue weighted by Crippen LogP contribution is 2.32. The van der Waals surface area contributed by atoms with Gasteiger partial charge in [-0.1, -0.05) is 61.5 Å². The maximum Gasteiger partial charge on any atom is 0.234 e. The molecule has 3 aromatic carbocycles. The zero-order valence-electron chi connectivity index (χ0n) is 19.9. The third-order valence-electron chi connectivity index (χ3n) is 5.35. The lowest BCUT2D eigenvalue weighted by molar-refractivity contribution is -0.113. The van der Waals surface area contributed by atoms with Crippen LogP contribution in [-0.4, -0.2) is 33.0 Å². The predicted octanol–water partition coefficient (Wildman–Crippen LogP) is 6.84. The Balaban J connectivity index is 1.57. The molecule has 8 heteroatoms. The van der Waals surface area contributed by atoms with Crippen molar-refractivity contribution in [3.05, 3.63) is 83.4 Å². The number of ether oxygens (including phenoxy) is 1. The van der Waals surface area contributed by atoms with Crippen molar-refractivity contribution in [3.8, 4) is 22.8 Å². The highest BCUT2D eigenvalue weighted by Gasteiger charge is 2.19. The lowest BCUT2D eigenvalue weighted by Gasteiger charge is -2.12. The SMILES string of the molecule is CCOc1ccc(-n2c(SCC(=O)Nc3ccc(C(C)C)cc3)nnc2-c2ccccc2Cl)cc1. The van der Waals surface area contributed by atoms with Gasteiger partial charge in [0.15, 0.2) is 11.0 Å². The molecule has 6 nitrogen and oxygen atoms in total. The van der Waals surface area contributed by atoms with Crippen LogP contribution in [0.3, 0.4) is 0 Å². The second kappa shape index (κ2) is 11.4. The van der Waals surface area contributed by atoms with E-state index < -0.39 is 0 Å². The van der Waals surface area contributed by atoms with Crippen molar-refractivity contribution < 1.29 is 9.53 Å². The van der Waals surface area contributed by atoms with Crippen LogP contribution in [0.2, 0.25) is 5.02 Å². The van der Waals surface area contributed by atoms with Crippen LogP contribution in [0.4, 0.5) is 5.69 Å². The smallest absolute Gasteiger partial charge is 0.234 e. The molecule has 0 saturated heterocycles. The summed E-state index contributed by atoms with van der Waals surface area (Å²) in [5, 5.41) is 12.9. The zero-order valence-corrected chi connectivity index (χ0v) is 21.4. The standard InChI is InChI=1S/C27H27ClN4O2S/c1-4-34-22-15-13-21(14-16-22)32-26(23-7-5-6-8-24(23)28)30-31-27(32)35-17-25(33)29-20-11-9-19(10-12-20)18(2)3/h5-16,18H,4,17H2,1-3H3,(H,29,33).